The molecule has 1 aliphatic carbocycles. The van der Waals surface area contributed by atoms with Crippen LogP contribution >= 0.6 is 0 Å². The largest absolute Gasteiger partial charge is 0.366 e. The summed E-state index contributed by atoms with van der Waals surface area (Å²) in [5, 5.41) is 0. The molecule has 0 radical (unpaired) electrons. The average Bonchev–Trinajstić information content (AvgIpc) is 2.41. The Morgan fingerprint density at radius 2 is 2.15 bits per heavy atom. The average molecular weight is 174 g/mol. The molecule has 0 saturated heterocycles. The summed E-state index contributed by atoms with van der Waals surface area (Å²) in [5.41, 5.74) is 4.37. The number of fused-ring (bicyclic) bond motifs is 2. The first-order chi connectivity index (χ1) is 6.30. The molecule has 1 nitrogen and oxygen atoms in total. The van der Waals surface area contributed by atoms with E-state index < -0.39 is 0 Å². The summed E-state index contributed by atoms with van der Waals surface area (Å²) in [4.78, 5) is 0. The number of ether oxygens (including phenoxy) is 1. The number of aryl methyl sites for hydroxylation is 1. The van der Waals surface area contributed by atoms with Crippen LogP contribution in [-0.4, -0.2) is 0 Å². The molecule has 1 spiro atoms. The van der Waals surface area contributed by atoms with E-state index in [1.165, 1.54) is 36.0 Å². The predicted molar refractivity (Wildman–Crippen MR) is 51.5 cm³/mol. The number of hydrogen-bond donors (Lipinski definition) is 0. The van der Waals surface area contributed by atoms with Crippen molar-refractivity contribution in [1.29, 1.82) is 0 Å². The van der Waals surface area contributed by atoms with Crippen molar-refractivity contribution in [3.05, 3.63) is 34.9 Å². The second kappa shape index (κ2) is 2.36. The van der Waals surface area contributed by atoms with Crippen molar-refractivity contribution in [3.63, 3.8) is 0 Å². The molecular formula is C12H14O. The lowest BCUT2D eigenvalue weighted by molar-refractivity contribution is -0.0943. The van der Waals surface area contributed by atoms with Gasteiger partial charge in [-0.25, -0.2) is 0 Å². The Morgan fingerprint density at radius 3 is 2.85 bits per heavy atom. The van der Waals surface area contributed by atoms with E-state index in [2.05, 4.69) is 25.1 Å². The van der Waals surface area contributed by atoms with Crippen LogP contribution in [0.2, 0.25) is 0 Å². The quantitative estimate of drug-likeness (QED) is 0.587. The lowest BCUT2D eigenvalue weighted by Crippen LogP contribution is -2.33. The maximum Gasteiger partial charge on any atom is 0.0939 e. The van der Waals surface area contributed by atoms with Gasteiger partial charge in [0, 0.05) is 0 Å². The minimum atomic E-state index is 0.142. The first-order valence-corrected chi connectivity index (χ1v) is 5.04. The molecule has 1 aromatic carbocycles. The monoisotopic (exact) mass is 174 g/mol. The van der Waals surface area contributed by atoms with Gasteiger partial charge in [-0.2, -0.15) is 0 Å². The number of benzene rings is 1. The van der Waals surface area contributed by atoms with E-state index in [1.54, 1.807) is 0 Å². The van der Waals surface area contributed by atoms with Gasteiger partial charge in [0.1, 0.15) is 0 Å². The van der Waals surface area contributed by atoms with Gasteiger partial charge in [0.15, 0.2) is 0 Å². The second-order valence-corrected chi connectivity index (χ2v) is 4.30. The van der Waals surface area contributed by atoms with Crippen molar-refractivity contribution >= 4 is 0 Å². The minimum Gasteiger partial charge on any atom is -0.366 e. The van der Waals surface area contributed by atoms with Gasteiger partial charge in [-0.1, -0.05) is 23.8 Å². The van der Waals surface area contributed by atoms with Crippen LogP contribution < -0.4 is 0 Å². The fourth-order valence-electron chi connectivity index (χ4n) is 2.49. The Balaban J connectivity index is 2.11. The lowest BCUT2D eigenvalue weighted by atomic mass is 9.75. The molecule has 0 N–H and O–H groups in total. The number of rotatable bonds is 0. The standard InChI is InChI=1S/C12H14O/c1-9-3-4-11-10(7-9)8-13-12(11)5-2-6-12/h3-4,7H,2,5-6,8H2,1H3. The summed E-state index contributed by atoms with van der Waals surface area (Å²) < 4.78 is 5.90. The van der Waals surface area contributed by atoms with Gasteiger partial charge < -0.3 is 4.74 Å². The molecular weight excluding hydrogens is 160 g/mol. The molecule has 13 heavy (non-hydrogen) atoms. The molecule has 3 rings (SSSR count). The summed E-state index contributed by atoms with van der Waals surface area (Å²) in [6.45, 7) is 2.98. The Hall–Kier alpha value is -0.820. The van der Waals surface area contributed by atoms with Gasteiger partial charge in [0.05, 0.1) is 12.2 Å². The highest BCUT2D eigenvalue weighted by Gasteiger charge is 2.44. The van der Waals surface area contributed by atoms with E-state index in [4.69, 9.17) is 4.74 Å². The zero-order valence-electron chi connectivity index (χ0n) is 7.97. The highest BCUT2D eigenvalue weighted by molar-refractivity contribution is 5.39. The summed E-state index contributed by atoms with van der Waals surface area (Å²) in [5.74, 6) is 0. The molecule has 0 bridgehead atoms. The zero-order chi connectivity index (χ0) is 8.89. The van der Waals surface area contributed by atoms with E-state index in [1.807, 2.05) is 0 Å². The van der Waals surface area contributed by atoms with Crippen LogP contribution in [-0.2, 0) is 16.9 Å². The third kappa shape index (κ3) is 0.910. The van der Waals surface area contributed by atoms with Gasteiger partial charge in [-0.15, -0.1) is 0 Å². The van der Waals surface area contributed by atoms with Crippen molar-refractivity contribution in [2.75, 3.05) is 0 Å². The van der Waals surface area contributed by atoms with Gasteiger partial charge in [-0.3, -0.25) is 0 Å². The highest BCUT2D eigenvalue weighted by Crippen LogP contribution is 2.50. The van der Waals surface area contributed by atoms with Crippen LogP contribution in [0.4, 0.5) is 0 Å². The van der Waals surface area contributed by atoms with Gasteiger partial charge in [-0.05, 0) is 37.3 Å². The first kappa shape index (κ1) is 7.57. The molecule has 1 aromatic rings. The van der Waals surface area contributed by atoms with Crippen molar-refractivity contribution in [2.45, 2.75) is 38.4 Å². The summed E-state index contributed by atoms with van der Waals surface area (Å²) in [7, 11) is 0. The smallest absolute Gasteiger partial charge is 0.0939 e. The van der Waals surface area contributed by atoms with Crippen molar-refractivity contribution in [3.8, 4) is 0 Å². The van der Waals surface area contributed by atoms with Crippen LogP contribution in [0.5, 0.6) is 0 Å². The predicted octanol–water partition coefficient (Wildman–Crippen LogP) is 2.90. The molecule has 0 atom stereocenters. The molecule has 2 aliphatic rings. The maximum atomic E-state index is 5.90. The van der Waals surface area contributed by atoms with Crippen LogP contribution in [0.1, 0.15) is 36.0 Å². The zero-order valence-corrected chi connectivity index (χ0v) is 7.97. The second-order valence-electron chi connectivity index (χ2n) is 4.30. The molecule has 1 saturated carbocycles. The molecule has 1 aliphatic heterocycles. The first-order valence-electron chi connectivity index (χ1n) is 5.04. The van der Waals surface area contributed by atoms with Gasteiger partial charge in [0.2, 0.25) is 0 Å². The van der Waals surface area contributed by atoms with Gasteiger partial charge in [0.25, 0.3) is 0 Å². The summed E-state index contributed by atoms with van der Waals surface area (Å²) in [6, 6.07) is 6.73. The normalized spacial score (nSPS) is 22.8. The molecule has 68 valence electrons. The van der Waals surface area contributed by atoms with Crippen LogP contribution in [0.3, 0.4) is 0 Å². The van der Waals surface area contributed by atoms with Crippen LogP contribution in [0, 0.1) is 6.92 Å². The lowest BCUT2D eigenvalue weighted by Gasteiger charge is -2.38. The fourth-order valence-corrected chi connectivity index (χ4v) is 2.49. The Morgan fingerprint density at radius 1 is 1.31 bits per heavy atom. The summed E-state index contributed by atoms with van der Waals surface area (Å²) in [6.07, 6.45) is 3.78. The Bertz CT molecular complexity index is 350. The third-order valence-corrected chi connectivity index (χ3v) is 3.42. The maximum absolute atomic E-state index is 5.90. The van der Waals surface area contributed by atoms with E-state index in [9.17, 15) is 0 Å². The van der Waals surface area contributed by atoms with Crippen molar-refractivity contribution < 1.29 is 4.74 Å². The van der Waals surface area contributed by atoms with Crippen molar-refractivity contribution in [2.24, 2.45) is 0 Å². The molecule has 1 fully saturated rings. The fraction of sp³-hybridized carbons (Fsp3) is 0.500. The van der Waals surface area contributed by atoms with E-state index in [-0.39, 0.29) is 5.60 Å². The van der Waals surface area contributed by atoms with Crippen molar-refractivity contribution in [1.82, 2.24) is 0 Å². The topological polar surface area (TPSA) is 9.23 Å². The van der Waals surface area contributed by atoms with E-state index in [0.717, 1.165) is 6.61 Å². The molecule has 0 amide bonds. The third-order valence-electron chi connectivity index (χ3n) is 3.42. The minimum absolute atomic E-state index is 0.142. The van der Waals surface area contributed by atoms with Gasteiger partial charge >= 0.3 is 0 Å². The van der Waals surface area contributed by atoms with Crippen LogP contribution in [0.15, 0.2) is 18.2 Å². The highest BCUT2D eigenvalue weighted by atomic mass is 16.5. The SMILES string of the molecule is Cc1ccc2c(c1)COC21CCC1. The summed E-state index contributed by atoms with van der Waals surface area (Å²) >= 11 is 0. The molecule has 0 aromatic heterocycles. The van der Waals surface area contributed by atoms with E-state index >= 15 is 0 Å². The molecule has 1 heteroatoms. The van der Waals surface area contributed by atoms with Crippen LogP contribution in [0.25, 0.3) is 0 Å². The number of hydrogen-bond acceptors (Lipinski definition) is 1. The van der Waals surface area contributed by atoms with E-state index in [0.29, 0.717) is 0 Å². The molecule has 0 unspecified atom stereocenters. The molecule has 1 heterocycles. The Labute approximate surface area is 78.7 Å². The Kier molecular flexibility index (Phi) is 1.37.